The van der Waals surface area contributed by atoms with Crippen LogP contribution in [0.25, 0.3) is 0 Å². The number of hydrogen-bond donors (Lipinski definition) is 2. The molecular formula is C13H20Cl2FN3O2S. The van der Waals surface area contributed by atoms with Gasteiger partial charge in [-0.15, -0.1) is 12.4 Å². The minimum Gasteiger partial charge on any atom is -0.315 e. The number of piperidine rings is 1. The number of halogens is 3. The smallest absolute Gasteiger partial charge is 0.279 e. The first-order chi connectivity index (χ1) is 9.90. The highest BCUT2D eigenvalue weighted by atomic mass is 35.5. The molecule has 0 aliphatic carbocycles. The Kier molecular flexibility index (Phi) is 7.51. The number of nitrogens with one attached hydrogen (secondary N) is 2. The van der Waals surface area contributed by atoms with Crippen molar-refractivity contribution in [1.82, 2.24) is 14.3 Å². The van der Waals surface area contributed by atoms with Crippen molar-refractivity contribution < 1.29 is 12.8 Å². The molecule has 1 aromatic carbocycles. The maximum Gasteiger partial charge on any atom is 0.279 e. The lowest BCUT2D eigenvalue weighted by Gasteiger charge is -2.26. The zero-order chi connectivity index (χ0) is 15.5. The van der Waals surface area contributed by atoms with Crippen LogP contribution in [0.4, 0.5) is 4.39 Å². The van der Waals surface area contributed by atoms with E-state index in [1.165, 1.54) is 19.2 Å². The second kappa shape index (κ2) is 8.42. The summed E-state index contributed by atoms with van der Waals surface area (Å²) in [6.07, 6.45) is 1.72. The average Bonchev–Trinajstić information content (AvgIpc) is 2.43. The number of rotatable bonds is 5. The Balaban J connectivity index is 0.00000242. The maximum absolute atomic E-state index is 13.7. The highest BCUT2D eigenvalue weighted by molar-refractivity contribution is 7.87. The van der Waals surface area contributed by atoms with Gasteiger partial charge < -0.3 is 5.32 Å². The number of hydrogen-bond acceptors (Lipinski definition) is 3. The molecule has 0 aromatic heterocycles. The summed E-state index contributed by atoms with van der Waals surface area (Å²) in [4.78, 5) is 0. The van der Waals surface area contributed by atoms with Crippen molar-refractivity contribution in [3.63, 3.8) is 0 Å². The molecule has 1 fully saturated rings. The fourth-order valence-electron chi connectivity index (χ4n) is 2.24. The molecule has 0 spiro atoms. The molecule has 2 N–H and O–H groups in total. The number of nitrogens with zero attached hydrogens (tertiary/aromatic N) is 1. The molecule has 2 rings (SSSR count). The third kappa shape index (κ3) is 5.04. The van der Waals surface area contributed by atoms with Crippen LogP contribution in [0.2, 0.25) is 5.02 Å². The van der Waals surface area contributed by atoms with E-state index in [-0.39, 0.29) is 35.6 Å². The summed E-state index contributed by atoms with van der Waals surface area (Å²) >= 11 is 5.92. The summed E-state index contributed by atoms with van der Waals surface area (Å²) in [6.45, 7) is 1.40. The fourth-order valence-corrected chi connectivity index (χ4v) is 3.57. The van der Waals surface area contributed by atoms with Crippen molar-refractivity contribution in [1.29, 1.82) is 0 Å². The Morgan fingerprint density at radius 2 is 2.23 bits per heavy atom. The molecule has 1 aliphatic heterocycles. The first-order valence-electron chi connectivity index (χ1n) is 6.77. The van der Waals surface area contributed by atoms with E-state index in [1.807, 2.05) is 0 Å². The third-order valence-corrected chi connectivity index (χ3v) is 5.40. The predicted molar refractivity (Wildman–Crippen MR) is 88.1 cm³/mol. The maximum atomic E-state index is 13.7. The van der Waals surface area contributed by atoms with Gasteiger partial charge in [-0.2, -0.15) is 17.4 Å². The summed E-state index contributed by atoms with van der Waals surface area (Å²) in [5.74, 6) is -0.510. The van der Waals surface area contributed by atoms with Gasteiger partial charge in [0.05, 0.1) is 0 Å². The lowest BCUT2D eigenvalue weighted by molar-refractivity contribution is 0.399. The molecule has 0 bridgehead atoms. The van der Waals surface area contributed by atoms with Crippen molar-refractivity contribution >= 4 is 34.2 Å². The molecule has 0 saturated carbocycles. The highest BCUT2D eigenvalue weighted by Crippen LogP contribution is 2.21. The molecular weight excluding hydrogens is 352 g/mol. The first kappa shape index (κ1) is 19.6. The van der Waals surface area contributed by atoms with Gasteiger partial charge in [0.25, 0.3) is 10.2 Å². The van der Waals surface area contributed by atoms with E-state index in [2.05, 4.69) is 10.0 Å². The van der Waals surface area contributed by atoms with Gasteiger partial charge in [0.1, 0.15) is 5.82 Å². The standard InChI is InChI=1S/C13H19ClFN3O2S.ClH/c1-18(9-11-12(14)5-2-6-13(11)15)21(19,20)17-10-4-3-7-16-8-10;/h2,5-6,10,16-17H,3-4,7-9H2,1H3;1H/t10-;/m0./s1. The van der Waals surface area contributed by atoms with Crippen molar-refractivity contribution in [2.45, 2.75) is 25.4 Å². The molecule has 1 aromatic rings. The molecule has 0 amide bonds. The Bertz CT molecular complexity index is 575. The fraction of sp³-hybridized carbons (Fsp3) is 0.538. The van der Waals surface area contributed by atoms with Crippen LogP contribution in [0, 0.1) is 5.82 Å². The van der Waals surface area contributed by atoms with Gasteiger partial charge in [0, 0.05) is 36.8 Å². The van der Waals surface area contributed by atoms with Crippen LogP contribution in [0.15, 0.2) is 18.2 Å². The zero-order valence-electron chi connectivity index (χ0n) is 12.2. The van der Waals surface area contributed by atoms with E-state index in [9.17, 15) is 12.8 Å². The lowest BCUT2D eigenvalue weighted by Crippen LogP contribution is -2.49. The van der Waals surface area contributed by atoms with Crippen LogP contribution in [0.1, 0.15) is 18.4 Å². The zero-order valence-corrected chi connectivity index (χ0v) is 14.6. The molecule has 5 nitrogen and oxygen atoms in total. The van der Waals surface area contributed by atoms with Crippen LogP contribution in [-0.2, 0) is 16.8 Å². The molecule has 1 saturated heterocycles. The molecule has 1 heterocycles. The summed E-state index contributed by atoms with van der Waals surface area (Å²) < 4.78 is 41.9. The number of benzene rings is 1. The van der Waals surface area contributed by atoms with Gasteiger partial charge in [-0.05, 0) is 31.5 Å². The van der Waals surface area contributed by atoms with E-state index in [1.54, 1.807) is 6.07 Å². The summed E-state index contributed by atoms with van der Waals surface area (Å²) in [7, 11) is -2.27. The Morgan fingerprint density at radius 1 is 1.50 bits per heavy atom. The van der Waals surface area contributed by atoms with Gasteiger partial charge >= 0.3 is 0 Å². The van der Waals surface area contributed by atoms with Crippen molar-refractivity contribution in [2.24, 2.45) is 0 Å². The Morgan fingerprint density at radius 3 is 2.82 bits per heavy atom. The van der Waals surface area contributed by atoms with Crippen LogP contribution in [0.3, 0.4) is 0 Å². The summed E-state index contributed by atoms with van der Waals surface area (Å²) in [5.41, 5.74) is 0.175. The van der Waals surface area contributed by atoms with Gasteiger partial charge in [0.15, 0.2) is 0 Å². The van der Waals surface area contributed by atoms with E-state index in [0.717, 1.165) is 23.7 Å². The van der Waals surface area contributed by atoms with Crippen LogP contribution < -0.4 is 10.0 Å². The van der Waals surface area contributed by atoms with E-state index in [4.69, 9.17) is 11.6 Å². The van der Waals surface area contributed by atoms with Crippen molar-refractivity contribution in [3.8, 4) is 0 Å². The van der Waals surface area contributed by atoms with Crippen LogP contribution >= 0.6 is 24.0 Å². The van der Waals surface area contributed by atoms with Gasteiger partial charge in [-0.3, -0.25) is 0 Å². The quantitative estimate of drug-likeness (QED) is 0.830. The van der Waals surface area contributed by atoms with Crippen LogP contribution in [0.5, 0.6) is 0 Å². The molecule has 0 unspecified atom stereocenters. The summed E-state index contributed by atoms with van der Waals surface area (Å²) in [6, 6.07) is 4.16. The molecule has 0 radical (unpaired) electrons. The Hall–Kier alpha value is -0.440. The van der Waals surface area contributed by atoms with Gasteiger partial charge in [-0.1, -0.05) is 17.7 Å². The monoisotopic (exact) mass is 371 g/mol. The lowest BCUT2D eigenvalue weighted by atomic mass is 10.1. The predicted octanol–water partition coefficient (Wildman–Crippen LogP) is 1.92. The topological polar surface area (TPSA) is 61.4 Å². The molecule has 1 atom stereocenters. The molecule has 22 heavy (non-hydrogen) atoms. The Labute approximate surface area is 141 Å². The van der Waals surface area contributed by atoms with E-state index in [0.29, 0.717) is 6.54 Å². The second-order valence-corrected chi connectivity index (χ2v) is 7.34. The minimum atomic E-state index is -3.67. The van der Waals surface area contributed by atoms with E-state index >= 15 is 0 Å². The van der Waals surface area contributed by atoms with Gasteiger partial charge in [-0.25, -0.2) is 4.39 Å². The normalized spacial score (nSPS) is 19.0. The minimum absolute atomic E-state index is 0. The van der Waals surface area contributed by atoms with E-state index < -0.39 is 16.0 Å². The second-order valence-electron chi connectivity index (χ2n) is 5.12. The van der Waals surface area contributed by atoms with Gasteiger partial charge in [0.2, 0.25) is 0 Å². The largest absolute Gasteiger partial charge is 0.315 e. The molecule has 126 valence electrons. The summed E-state index contributed by atoms with van der Waals surface area (Å²) in [5, 5.41) is 3.36. The highest BCUT2D eigenvalue weighted by Gasteiger charge is 2.25. The molecule has 1 aliphatic rings. The average molecular weight is 372 g/mol. The van der Waals surface area contributed by atoms with Crippen molar-refractivity contribution in [2.75, 3.05) is 20.1 Å². The molecule has 9 heteroatoms. The van der Waals surface area contributed by atoms with Crippen LogP contribution in [-0.4, -0.2) is 38.9 Å². The van der Waals surface area contributed by atoms with Crippen molar-refractivity contribution in [3.05, 3.63) is 34.6 Å². The SMILES string of the molecule is CN(Cc1c(F)cccc1Cl)S(=O)(=O)N[C@H]1CCCNC1.Cl. The first-order valence-corrected chi connectivity index (χ1v) is 8.59. The third-order valence-electron chi connectivity index (χ3n) is 3.47.